The molecule has 0 aliphatic heterocycles. The topological polar surface area (TPSA) is 45.9 Å². The molecule has 1 heterocycles. The third-order valence-corrected chi connectivity index (χ3v) is 2.07. The third-order valence-electron chi connectivity index (χ3n) is 2.07. The quantitative estimate of drug-likeness (QED) is 0.772. The van der Waals surface area contributed by atoms with Crippen molar-refractivity contribution >= 4 is 0 Å². The highest BCUT2D eigenvalue weighted by molar-refractivity contribution is 5.35. The highest BCUT2D eigenvalue weighted by atomic mass is 19.4. The second kappa shape index (κ2) is 4.99. The van der Waals surface area contributed by atoms with Gasteiger partial charge in [-0.2, -0.15) is 5.26 Å². The molecule has 0 atom stereocenters. The molecule has 7 heteroatoms. The van der Waals surface area contributed by atoms with Gasteiger partial charge >= 0.3 is 6.36 Å². The van der Waals surface area contributed by atoms with E-state index in [0.717, 1.165) is 6.07 Å². The van der Waals surface area contributed by atoms with Crippen molar-refractivity contribution in [3.05, 3.63) is 22.9 Å². The van der Waals surface area contributed by atoms with Crippen LogP contribution in [0.2, 0.25) is 0 Å². The van der Waals surface area contributed by atoms with Gasteiger partial charge in [-0.15, -0.1) is 13.2 Å². The highest BCUT2D eigenvalue weighted by Crippen LogP contribution is 2.25. The molecule has 0 fully saturated rings. The van der Waals surface area contributed by atoms with Gasteiger partial charge in [-0.05, 0) is 18.1 Å². The first-order valence-electron chi connectivity index (χ1n) is 4.55. The van der Waals surface area contributed by atoms with Crippen molar-refractivity contribution < 1.29 is 22.3 Å². The van der Waals surface area contributed by atoms with Crippen LogP contribution in [0.15, 0.2) is 6.07 Å². The summed E-state index contributed by atoms with van der Waals surface area (Å²) in [5.41, 5.74) is 0.481. The Morgan fingerprint density at radius 1 is 1.47 bits per heavy atom. The summed E-state index contributed by atoms with van der Waals surface area (Å²) in [7, 11) is 0. The molecule has 0 radical (unpaired) electrons. The minimum Gasteiger partial charge on any atom is -0.388 e. The number of hydrogen-bond donors (Lipinski definition) is 0. The van der Waals surface area contributed by atoms with Crippen molar-refractivity contribution in [2.75, 3.05) is 0 Å². The van der Waals surface area contributed by atoms with E-state index in [1.54, 1.807) is 6.07 Å². The summed E-state index contributed by atoms with van der Waals surface area (Å²) in [5.74, 6) is -0.749. The Bertz CT molecular complexity index is 451. The maximum atomic E-state index is 12.6. The molecule has 3 nitrogen and oxygen atoms in total. The molecule has 92 valence electrons. The summed E-state index contributed by atoms with van der Waals surface area (Å²) in [4.78, 5) is 3.52. The van der Waals surface area contributed by atoms with Crippen LogP contribution in [-0.2, 0) is 13.1 Å². The molecule has 0 bridgehead atoms. The Balaban J connectivity index is 3.16. The lowest BCUT2D eigenvalue weighted by atomic mass is 10.1. The van der Waals surface area contributed by atoms with Crippen LogP contribution in [-0.4, -0.2) is 11.3 Å². The van der Waals surface area contributed by atoms with Crippen LogP contribution in [0.3, 0.4) is 0 Å². The molecule has 0 aliphatic rings. The first kappa shape index (κ1) is 13.2. The Hall–Kier alpha value is -1.84. The Labute approximate surface area is 94.6 Å². The van der Waals surface area contributed by atoms with Gasteiger partial charge in [0, 0.05) is 6.07 Å². The summed E-state index contributed by atoms with van der Waals surface area (Å²) in [6.45, 7) is 0.549. The molecular formula is C10H8F4N2O. The summed E-state index contributed by atoms with van der Waals surface area (Å²) < 4.78 is 52.1. The molecule has 0 aliphatic carbocycles. The van der Waals surface area contributed by atoms with Gasteiger partial charge in [-0.25, -0.2) is 9.37 Å². The smallest absolute Gasteiger partial charge is 0.388 e. The lowest BCUT2D eigenvalue weighted by molar-refractivity contribution is -0.276. The van der Waals surface area contributed by atoms with Crippen LogP contribution in [0.1, 0.15) is 16.8 Å². The zero-order valence-corrected chi connectivity index (χ0v) is 8.81. The number of halogens is 4. The number of nitrogens with zero attached hydrogens (tertiary/aromatic N) is 2. The van der Waals surface area contributed by atoms with Gasteiger partial charge in [-0.3, -0.25) is 0 Å². The van der Waals surface area contributed by atoms with E-state index >= 15 is 0 Å². The number of ether oxygens (including phenoxy) is 1. The molecule has 1 rings (SSSR count). The molecule has 17 heavy (non-hydrogen) atoms. The zero-order chi connectivity index (χ0) is 13.1. The monoisotopic (exact) mass is 248 g/mol. The van der Waals surface area contributed by atoms with E-state index in [4.69, 9.17) is 5.26 Å². The summed E-state index contributed by atoms with van der Waals surface area (Å²) >= 11 is 0. The van der Waals surface area contributed by atoms with Gasteiger partial charge in [0.15, 0.2) is 0 Å². The van der Waals surface area contributed by atoms with E-state index in [2.05, 4.69) is 9.72 Å². The molecule has 0 aromatic carbocycles. The predicted molar refractivity (Wildman–Crippen MR) is 49.8 cm³/mol. The van der Waals surface area contributed by atoms with Gasteiger partial charge in [0.1, 0.15) is 6.67 Å². The van der Waals surface area contributed by atoms with Crippen molar-refractivity contribution in [1.29, 1.82) is 5.26 Å². The van der Waals surface area contributed by atoms with E-state index in [-0.39, 0.29) is 17.7 Å². The van der Waals surface area contributed by atoms with Crippen LogP contribution in [0.5, 0.6) is 5.88 Å². The van der Waals surface area contributed by atoms with Gasteiger partial charge < -0.3 is 4.74 Å². The number of aromatic nitrogens is 1. The largest absolute Gasteiger partial charge is 0.574 e. The van der Waals surface area contributed by atoms with E-state index in [0.29, 0.717) is 5.56 Å². The van der Waals surface area contributed by atoms with E-state index in [1.165, 1.54) is 6.92 Å². The number of rotatable bonds is 3. The summed E-state index contributed by atoms with van der Waals surface area (Å²) in [6.07, 6.45) is -5.09. The maximum Gasteiger partial charge on any atom is 0.574 e. The molecule has 0 amide bonds. The van der Waals surface area contributed by atoms with Gasteiger partial charge in [0.2, 0.25) is 5.88 Å². The fourth-order valence-corrected chi connectivity index (χ4v) is 1.25. The molecule has 0 saturated carbocycles. The van der Waals surface area contributed by atoms with E-state index in [1.807, 2.05) is 0 Å². The van der Waals surface area contributed by atoms with Crippen molar-refractivity contribution in [3.8, 4) is 11.9 Å². The number of nitriles is 1. The Morgan fingerprint density at radius 2 is 2.12 bits per heavy atom. The minimum atomic E-state index is -4.89. The van der Waals surface area contributed by atoms with Crippen LogP contribution < -0.4 is 4.74 Å². The third kappa shape index (κ3) is 3.59. The van der Waals surface area contributed by atoms with Crippen molar-refractivity contribution in [2.24, 2.45) is 0 Å². The normalized spacial score (nSPS) is 11.1. The molecular weight excluding hydrogens is 240 g/mol. The van der Waals surface area contributed by atoms with Gasteiger partial charge in [0.05, 0.1) is 18.2 Å². The van der Waals surface area contributed by atoms with Crippen LogP contribution in [0.25, 0.3) is 0 Å². The van der Waals surface area contributed by atoms with Crippen molar-refractivity contribution in [3.63, 3.8) is 0 Å². The SMILES string of the molecule is Cc1c(CF)cc(OC(F)(F)F)nc1CC#N. The number of hydrogen-bond acceptors (Lipinski definition) is 3. The fourth-order valence-electron chi connectivity index (χ4n) is 1.25. The lowest BCUT2D eigenvalue weighted by Crippen LogP contribution is -2.18. The van der Waals surface area contributed by atoms with Gasteiger partial charge in [0.25, 0.3) is 0 Å². The van der Waals surface area contributed by atoms with E-state index < -0.39 is 18.9 Å². The summed E-state index contributed by atoms with van der Waals surface area (Å²) in [6, 6.07) is 2.62. The molecule has 0 saturated heterocycles. The second-order valence-electron chi connectivity index (χ2n) is 3.21. The van der Waals surface area contributed by atoms with Gasteiger partial charge in [-0.1, -0.05) is 0 Å². The summed E-state index contributed by atoms with van der Waals surface area (Å²) in [5, 5.41) is 8.48. The van der Waals surface area contributed by atoms with Crippen LogP contribution in [0.4, 0.5) is 17.6 Å². The average Bonchev–Trinajstić information content (AvgIpc) is 2.20. The van der Waals surface area contributed by atoms with Crippen molar-refractivity contribution in [2.45, 2.75) is 26.4 Å². The molecule has 0 N–H and O–H groups in total. The second-order valence-corrected chi connectivity index (χ2v) is 3.21. The predicted octanol–water partition coefficient (Wildman–Crippen LogP) is 2.82. The lowest BCUT2D eigenvalue weighted by Gasteiger charge is -2.12. The molecule has 0 unspecified atom stereocenters. The first-order chi connectivity index (χ1) is 7.87. The molecule has 1 aromatic rings. The number of alkyl halides is 4. The highest BCUT2D eigenvalue weighted by Gasteiger charge is 2.32. The minimum absolute atomic E-state index is 0.0319. The zero-order valence-electron chi connectivity index (χ0n) is 8.81. The van der Waals surface area contributed by atoms with Crippen LogP contribution >= 0.6 is 0 Å². The standard InChI is InChI=1S/C10H8F4N2O/c1-6-7(5-11)4-9(17-10(12,13)14)16-8(6)2-3-15/h4H,2,5H2,1H3. The number of pyridine rings is 1. The van der Waals surface area contributed by atoms with Crippen molar-refractivity contribution in [1.82, 2.24) is 4.98 Å². The molecule has 1 aromatic heterocycles. The van der Waals surface area contributed by atoms with Crippen LogP contribution in [0, 0.1) is 18.3 Å². The average molecular weight is 248 g/mol. The molecule has 0 spiro atoms. The Kier molecular flexibility index (Phi) is 3.89. The fraction of sp³-hybridized carbons (Fsp3) is 0.400. The van der Waals surface area contributed by atoms with E-state index in [9.17, 15) is 17.6 Å². The first-order valence-corrected chi connectivity index (χ1v) is 4.55. The maximum absolute atomic E-state index is 12.6. The Morgan fingerprint density at radius 3 is 2.59 bits per heavy atom.